The van der Waals surface area contributed by atoms with Crippen LogP contribution in [0.1, 0.15) is 316 Å². The van der Waals surface area contributed by atoms with E-state index in [2.05, 4.69) is 93.7 Å². The standard InChI is InChI=1S/C67H118O6/c1-4-7-10-13-16-19-22-24-26-27-28-29-30-31-32-33-34-35-36-37-38-39-41-42-45-48-51-54-57-60-66(69)72-63-64(62-71-65(68)59-56-53-50-47-44-21-18-15-12-9-6-3)73-67(70)61-58-55-52-49-46-43-40-25-23-20-17-14-11-8-5-2/h8,11,17,20,22,24-25,27-28,40,46,49,64H,4-7,9-10,12-16,18-19,21,23,26,29-39,41-45,47-48,50-63H2,1-3H3/b11-8-,20-17-,24-22-,28-27-,40-25-,49-46-. The van der Waals surface area contributed by atoms with Crippen LogP contribution in [-0.4, -0.2) is 37.2 Å². The molecule has 0 aliphatic heterocycles. The zero-order valence-electron chi connectivity index (χ0n) is 48.4. The molecule has 0 bridgehead atoms. The Labute approximate surface area is 453 Å². The molecule has 0 saturated heterocycles. The van der Waals surface area contributed by atoms with Crippen LogP contribution in [0, 0.1) is 0 Å². The summed E-state index contributed by atoms with van der Waals surface area (Å²) in [4.78, 5) is 38.1. The van der Waals surface area contributed by atoms with E-state index < -0.39 is 6.10 Å². The summed E-state index contributed by atoms with van der Waals surface area (Å²) in [6, 6.07) is 0. The molecule has 0 aromatic heterocycles. The summed E-state index contributed by atoms with van der Waals surface area (Å²) in [5.74, 6) is -0.919. The van der Waals surface area contributed by atoms with Crippen LogP contribution in [0.3, 0.4) is 0 Å². The molecule has 0 aliphatic rings. The number of hydrogen-bond acceptors (Lipinski definition) is 6. The second-order valence-corrected chi connectivity index (χ2v) is 20.9. The molecule has 0 spiro atoms. The average molecular weight is 1020 g/mol. The first-order valence-corrected chi connectivity index (χ1v) is 31.4. The number of unbranched alkanes of at least 4 members (excludes halogenated alkanes) is 34. The molecular weight excluding hydrogens is 901 g/mol. The van der Waals surface area contributed by atoms with Crippen molar-refractivity contribution < 1.29 is 28.6 Å². The van der Waals surface area contributed by atoms with Gasteiger partial charge in [-0.05, 0) is 89.9 Å². The van der Waals surface area contributed by atoms with Crippen LogP contribution in [0.25, 0.3) is 0 Å². The molecule has 0 aromatic carbocycles. The predicted octanol–water partition coefficient (Wildman–Crippen LogP) is 21.3. The van der Waals surface area contributed by atoms with E-state index in [0.717, 1.165) is 83.5 Å². The van der Waals surface area contributed by atoms with Gasteiger partial charge in [-0.1, -0.05) is 280 Å². The second kappa shape index (κ2) is 61.4. The number of allylic oxidation sites excluding steroid dienone is 12. The van der Waals surface area contributed by atoms with Crippen molar-refractivity contribution in [2.45, 2.75) is 322 Å². The lowest BCUT2D eigenvalue weighted by Crippen LogP contribution is -2.30. The van der Waals surface area contributed by atoms with E-state index in [1.807, 2.05) is 0 Å². The summed E-state index contributed by atoms with van der Waals surface area (Å²) >= 11 is 0. The highest BCUT2D eigenvalue weighted by Crippen LogP contribution is 2.17. The van der Waals surface area contributed by atoms with Crippen molar-refractivity contribution >= 4 is 17.9 Å². The lowest BCUT2D eigenvalue weighted by atomic mass is 10.0. The first-order chi connectivity index (χ1) is 36.0. The Bertz CT molecular complexity index is 1360. The number of carbonyl (C=O) groups excluding carboxylic acids is 3. The molecule has 0 N–H and O–H groups in total. The van der Waals surface area contributed by atoms with Gasteiger partial charge in [0.05, 0.1) is 0 Å². The minimum Gasteiger partial charge on any atom is -0.462 e. The Morgan fingerprint density at radius 3 is 0.863 bits per heavy atom. The number of ether oxygens (including phenoxy) is 3. The zero-order valence-corrected chi connectivity index (χ0v) is 48.4. The van der Waals surface area contributed by atoms with Crippen molar-refractivity contribution in [3.8, 4) is 0 Å². The van der Waals surface area contributed by atoms with Gasteiger partial charge in [-0.2, -0.15) is 0 Å². The second-order valence-electron chi connectivity index (χ2n) is 20.9. The topological polar surface area (TPSA) is 78.9 Å². The third-order valence-electron chi connectivity index (χ3n) is 13.7. The summed E-state index contributed by atoms with van der Waals surface area (Å²) in [6.45, 7) is 6.50. The number of hydrogen-bond donors (Lipinski definition) is 0. The van der Waals surface area contributed by atoms with Crippen LogP contribution in [0.4, 0.5) is 0 Å². The summed E-state index contributed by atoms with van der Waals surface area (Å²) in [5, 5.41) is 0. The van der Waals surface area contributed by atoms with Crippen molar-refractivity contribution in [2.75, 3.05) is 13.2 Å². The lowest BCUT2D eigenvalue weighted by Gasteiger charge is -2.18. The molecule has 73 heavy (non-hydrogen) atoms. The van der Waals surface area contributed by atoms with Crippen LogP contribution < -0.4 is 0 Å². The molecule has 0 aliphatic carbocycles. The summed E-state index contributed by atoms with van der Waals surface area (Å²) in [7, 11) is 0. The number of esters is 3. The molecule has 422 valence electrons. The normalized spacial score (nSPS) is 12.5. The minimum absolute atomic E-state index is 0.0886. The van der Waals surface area contributed by atoms with Crippen molar-refractivity contribution in [1.82, 2.24) is 0 Å². The van der Waals surface area contributed by atoms with Gasteiger partial charge in [-0.15, -0.1) is 0 Å². The van der Waals surface area contributed by atoms with Gasteiger partial charge in [0.1, 0.15) is 13.2 Å². The van der Waals surface area contributed by atoms with Crippen LogP contribution in [0.5, 0.6) is 0 Å². The molecule has 6 heteroatoms. The fourth-order valence-corrected chi connectivity index (χ4v) is 9.00. The van der Waals surface area contributed by atoms with Gasteiger partial charge in [0, 0.05) is 19.3 Å². The summed E-state index contributed by atoms with van der Waals surface area (Å²) in [5.41, 5.74) is 0. The van der Waals surface area contributed by atoms with Gasteiger partial charge in [-0.3, -0.25) is 14.4 Å². The molecule has 6 nitrogen and oxygen atoms in total. The summed E-state index contributed by atoms with van der Waals surface area (Å²) < 4.78 is 16.8. The van der Waals surface area contributed by atoms with Crippen molar-refractivity contribution in [2.24, 2.45) is 0 Å². The first-order valence-electron chi connectivity index (χ1n) is 31.4. The van der Waals surface area contributed by atoms with Gasteiger partial charge in [0.25, 0.3) is 0 Å². The molecule has 1 atom stereocenters. The molecular formula is C67H118O6. The molecule has 1 unspecified atom stereocenters. The molecule has 0 aromatic rings. The molecule has 0 heterocycles. The van der Waals surface area contributed by atoms with Crippen molar-refractivity contribution in [3.05, 3.63) is 72.9 Å². The predicted molar refractivity (Wildman–Crippen MR) is 316 cm³/mol. The maximum atomic E-state index is 12.8. The Balaban J connectivity index is 4.18. The van der Waals surface area contributed by atoms with Crippen molar-refractivity contribution in [1.29, 1.82) is 0 Å². The Hall–Kier alpha value is -3.15. The Morgan fingerprint density at radius 1 is 0.288 bits per heavy atom. The highest BCUT2D eigenvalue weighted by Gasteiger charge is 2.19. The van der Waals surface area contributed by atoms with Gasteiger partial charge in [-0.25, -0.2) is 0 Å². The Kier molecular flexibility index (Phi) is 58.7. The zero-order chi connectivity index (χ0) is 52.9. The van der Waals surface area contributed by atoms with Crippen LogP contribution in [0.2, 0.25) is 0 Å². The van der Waals surface area contributed by atoms with E-state index in [1.165, 1.54) is 186 Å². The van der Waals surface area contributed by atoms with E-state index in [-0.39, 0.29) is 37.5 Å². The number of carbonyl (C=O) groups is 3. The SMILES string of the molecule is CC/C=C\C/C=C\C/C=C\C/C=C\CCCCC(=O)OC(COC(=O)CCCCCCCCCCCCC)COC(=O)CCCCCCCCCCCCCCCCCCC/C=C\C/C=C\CCCCCCC. The van der Waals surface area contributed by atoms with E-state index in [1.54, 1.807) is 0 Å². The maximum absolute atomic E-state index is 12.8. The smallest absolute Gasteiger partial charge is 0.306 e. The Morgan fingerprint density at radius 2 is 0.534 bits per heavy atom. The quantitative estimate of drug-likeness (QED) is 0.0261. The van der Waals surface area contributed by atoms with Crippen molar-refractivity contribution in [3.63, 3.8) is 0 Å². The number of rotatable bonds is 57. The monoisotopic (exact) mass is 1020 g/mol. The van der Waals surface area contributed by atoms with Gasteiger partial charge in [0.2, 0.25) is 0 Å². The maximum Gasteiger partial charge on any atom is 0.306 e. The first kappa shape index (κ1) is 69.8. The van der Waals surface area contributed by atoms with E-state index in [9.17, 15) is 14.4 Å². The van der Waals surface area contributed by atoms with E-state index in [0.29, 0.717) is 19.3 Å². The molecule has 0 radical (unpaired) electrons. The highest BCUT2D eigenvalue weighted by molar-refractivity contribution is 5.71. The minimum atomic E-state index is -0.794. The largest absolute Gasteiger partial charge is 0.462 e. The van der Waals surface area contributed by atoms with Gasteiger partial charge >= 0.3 is 17.9 Å². The molecule has 0 fully saturated rings. The summed E-state index contributed by atoms with van der Waals surface area (Å²) in [6.07, 6.45) is 79.3. The van der Waals surface area contributed by atoms with Gasteiger partial charge < -0.3 is 14.2 Å². The molecule has 0 amide bonds. The average Bonchev–Trinajstić information content (AvgIpc) is 3.39. The molecule has 0 rings (SSSR count). The highest BCUT2D eigenvalue weighted by atomic mass is 16.6. The van der Waals surface area contributed by atoms with E-state index >= 15 is 0 Å². The van der Waals surface area contributed by atoms with Crippen LogP contribution >= 0.6 is 0 Å². The fraction of sp³-hybridized carbons (Fsp3) is 0.776. The van der Waals surface area contributed by atoms with Crippen LogP contribution in [-0.2, 0) is 28.6 Å². The van der Waals surface area contributed by atoms with Crippen LogP contribution in [0.15, 0.2) is 72.9 Å². The third-order valence-corrected chi connectivity index (χ3v) is 13.7. The lowest BCUT2D eigenvalue weighted by molar-refractivity contribution is -0.167. The molecule has 0 saturated carbocycles. The third kappa shape index (κ3) is 59.6. The van der Waals surface area contributed by atoms with E-state index in [4.69, 9.17) is 14.2 Å². The fourth-order valence-electron chi connectivity index (χ4n) is 9.00. The van der Waals surface area contributed by atoms with Gasteiger partial charge in [0.15, 0.2) is 6.10 Å².